The van der Waals surface area contributed by atoms with Crippen LogP contribution in [0.1, 0.15) is 67.5 Å². The molecule has 0 radical (unpaired) electrons. The van der Waals surface area contributed by atoms with E-state index >= 15 is 0 Å². The summed E-state index contributed by atoms with van der Waals surface area (Å²) in [6.45, 7) is 6.90. The molecule has 0 aliphatic carbocycles. The maximum absolute atomic E-state index is 11.9. The quantitative estimate of drug-likeness (QED) is 0.782. The second-order valence-electron chi connectivity index (χ2n) is 4.90. The van der Waals surface area contributed by atoms with Gasteiger partial charge in [0.1, 0.15) is 6.10 Å². The van der Waals surface area contributed by atoms with Crippen LogP contribution in [0.25, 0.3) is 0 Å². The fourth-order valence-corrected chi connectivity index (χ4v) is 2.15. The molecule has 2 rings (SSSR count). The Morgan fingerprint density at radius 3 is 2.95 bits per heavy atom. The summed E-state index contributed by atoms with van der Waals surface area (Å²) in [5, 5.41) is 0. The van der Waals surface area contributed by atoms with Crippen LogP contribution in [0.5, 0.6) is 0 Å². The van der Waals surface area contributed by atoms with E-state index in [1.54, 1.807) is 13.1 Å². The number of esters is 1. The van der Waals surface area contributed by atoms with Crippen molar-refractivity contribution >= 4 is 5.97 Å². The van der Waals surface area contributed by atoms with E-state index in [9.17, 15) is 4.79 Å². The molecule has 5 nitrogen and oxygen atoms in total. The summed E-state index contributed by atoms with van der Waals surface area (Å²) in [5.41, 5.74) is 1.19. The molecule has 5 heteroatoms. The Labute approximate surface area is 113 Å². The second-order valence-corrected chi connectivity index (χ2v) is 4.90. The van der Waals surface area contributed by atoms with E-state index in [0.717, 1.165) is 25.1 Å². The molecule has 0 bridgehead atoms. The van der Waals surface area contributed by atoms with Gasteiger partial charge in [-0.2, -0.15) is 0 Å². The first-order valence-corrected chi connectivity index (χ1v) is 6.79. The summed E-state index contributed by atoms with van der Waals surface area (Å²) in [6.07, 6.45) is 3.51. The Hall–Kier alpha value is -1.49. The number of ether oxygens (including phenoxy) is 2. The van der Waals surface area contributed by atoms with Crippen molar-refractivity contribution in [2.45, 2.75) is 45.6 Å². The molecule has 1 saturated heterocycles. The van der Waals surface area contributed by atoms with Gasteiger partial charge in [-0.25, -0.2) is 14.8 Å². The van der Waals surface area contributed by atoms with E-state index in [4.69, 9.17) is 9.47 Å². The molecule has 19 heavy (non-hydrogen) atoms. The monoisotopic (exact) mass is 264 g/mol. The lowest BCUT2D eigenvalue weighted by Crippen LogP contribution is -2.14. The van der Waals surface area contributed by atoms with E-state index in [2.05, 4.69) is 9.97 Å². The summed E-state index contributed by atoms with van der Waals surface area (Å²) < 4.78 is 10.6. The molecule has 1 atom stereocenters. The first-order valence-electron chi connectivity index (χ1n) is 6.79. The van der Waals surface area contributed by atoms with Gasteiger partial charge >= 0.3 is 5.97 Å². The Morgan fingerprint density at radius 1 is 1.58 bits per heavy atom. The first-order chi connectivity index (χ1) is 9.13. The highest BCUT2D eigenvalue weighted by Gasteiger charge is 2.24. The van der Waals surface area contributed by atoms with Crippen molar-refractivity contribution in [3.63, 3.8) is 0 Å². The smallest absolute Gasteiger partial charge is 0.341 e. The van der Waals surface area contributed by atoms with Crippen molar-refractivity contribution in [1.82, 2.24) is 9.97 Å². The molecule has 0 saturated carbocycles. The zero-order valence-electron chi connectivity index (χ0n) is 11.7. The van der Waals surface area contributed by atoms with Crippen LogP contribution in [0.4, 0.5) is 0 Å². The Kier molecular flexibility index (Phi) is 4.47. The predicted molar refractivity (Wildman–Crippen MR) is 70.0 cm³/mol. The van der Waals surface area contributed by atoms with Crippen LogP contribution >= 0.6 is 0 Å². The maximum Gasteiger partial charge on any atom is 0.341 e. The van der Waals surface area contributed by atoms with Gasteiger partial charge in [0.2, 0.25) is 0 Å². The Morgan fingerprint density at radius 2 is 2.37 bits per heavy atom. The molecule has 104 valence electrons. The van der Waals surface area contributed by atoms with Crippen molar-refractivity contribution in [2.75, 3.05) is 13.2 Å². The van der Waals surface area contributed by atoms with E-state index < -0.39 is 0 Å². The second kappa shape index (κ2) is 6.10. The normalized spacial score (nSPS) is 18.8. The third-order valence-electron chi connectivity index (χ3n) is 3.10. The maximum atomic E-state index is 11.9. The van der Waals surface area contributed by atoms with E-state index in [0.29, 0.717) is 18.0 Å². The topological polar surface area (TPSA) is 61.3 Å². The van der Waals surface area contributed by atoms with E-state index in [1.807, 2.05) is 13.8 Å². The van der Waals surface area contributed by atoms with Crippen LogP contribution in [-0.4, -0.2) is 29.2 Å². The summed E-state index contributed by atoms with van der Waals surface area (Å²) in [7, 11) is 0. The van der Waals surface area contributed by atoms with Gasteiger partial charge in [0, 0.05) is 12.8 Å². The largest absolute Gasteiger partial charge is 0.462 e. The average molecular weight is 264 g/mol. The predicted octanol–water partition coefficient (Wildman–Crippen LogP) is 2.63. The Bertz CT molecular complexity index is 454. The minimum Gasteiger partial charge on any atom is -0.462 e. The van der Waals surface area contributed by atoms with Gasteiger partial charge in [0.05, 0.1) is 17.9 Å². The fraction of sp³-hybridized carbons (Fsp3) is 0.643. The lowest BCUT2D eigenvalue weighted by atomic mass is 10.0. The summed E-state index contributed by atoms with van der Waals surface area (Å²) in [5.74, 6) is 0.460. The lowest BCUT2D eigenvalue weighted by Gasteiger charge is -2.14. The zero-order valence-corrected chi connectivity index (χ0v) is 11.7. The number of hydrogen-bond acceptors (Lipinski definition) is 5. The SMILES string of the molecule is CCOC(=O)c1cnc(C2CCCO2)nc1C(C)C. The molecule has 0 amide bonds. The molecule has 1 aromatic rings. The molecule has 1 aromatic heterocycles. The standard InChI is InChI=1S/C14H20N2O3/c1-4-18-14(17)10-8-15-13(11-6-5-7-19-11)16-12(10)9(2)3/h8-9,11H,4-7H2,1-3H3. The van der Waals surface area contributed by atoms with Crippen molar-refractivity contribution in [3.8, 4) is 0 Å². The highest BCUT2D eigenvalue weighted by Crippen LogP contribution is 2.27. The minimum absolute atomic E-state index is 0.0336. The summed E-state index contributed by atoms with van der Waals surface area (Å²) >= 11 is 0. The summed E-state index contributed by atoms with van der Waals surface area (Å²) in [4.78, 5) is 20.7. The van der Waals surface area contributed by atoms with E-state index in [1.165, 1.54) is 0 Å². The summed E-state index contributed by atoms with van der Waals surface area (Å²) in [6, 6.07) is 0. The lowest BCUT2D eigenvalue weighted by molar-refractivity contribution is 0.0522. The molecule has 0 aromatic carbocycles. The van der Waals surface area contributed by atoms with Gasteiger partial charge in [-0.3, -0.25) is 0 Å². The van der Waals surface area contributed by atoms with Crippen LogP contribution < -0.4 is 0 Å². The van der Waals surface area contributed by atoms with Crippen LogP contribution in [0, 0.1) is 0 Å². The molecule has 1 aliphatic rings. The molecule has 2 heterocycles. The molecule has 0 spiro atoms. The van der Waals surface area contributed by atoms with Crippen LogP contribution in [-0.2, 0) is 9.47 Å². The van der Waals surface area contributed by atoms with Crippen LogP contribution in [0.15, 0.2) is 6.20 Å². The Balaban J connectivity index is 2.31. The first kappa shape index (κ1) is 13.9. The van der Waals surface area contributed by atoms with Crippen LogP contribution in [0.2, 0.25) is 0 Å². The zero-order chi connectivity index (χ0) is 13.8. The molecule has 1 fully saturated rings. The van der Waals surface area contributed by atoms with Gasteiger partial charge in [-0.05, 0) is 25.7 Å². The molecule has 1 aliphatic heterocycles. The van der Waals surface area contributed by atoms with Gasteiger partial charge in [0.15, 0.2) is 5.82 Å². The van der Waals surface area contributed by atoms with Gasteiger partial charge < -0.3 is 9.47 Å². The van der Waals surface area contributed by atoms with E-state index in [-0.39, 0.29) is 18.0 Å². The fourth-order valence-electron chi connectivity index (χ4n) is 2.15. The minimum atomic E-state index is -0.356. The number of rotatable bonds is 4. The third kappa shape index (κ3) is 3.10. The molecule has 1 unspecified atom stereocenters. The van der Waals surface area contributed by atoms with Crippen molar-refractivity contribution in [2.24, 2.45) is 0 Å². The number of nitrogens with zero attached hydrogens (tertiary/aromatic N) is 2. The van der Waals surface area contributed by atoms with Crippen molar-refractivity contribution < 1.29 is 14.3 Å². The third-order valence-corrected chi connectivity index (χ3v) is 3.10. The van der Waals surface area contributed by atoms with Gasteiger partial charge in [-0.15, -0.1) is 0 Å². The number of aromatic nitrogens is 2. The molecular weight excluding hydrogens is 244 g/mol. The highest BCUT2D eigenvalue weighted by molar-refractivity contribution is 5.90. The highest BCUT2D eigenvalue weighted by atomic mass is 16.5. The number of carbonyl (C=O) groups is 1. The number of hydrogen-bond donors (Lipinski definition) is 0. The van der Waals surface area contributed by atoms with Crippen molar-refractivity contribution in [1.29, 1.82) is 0 Å². The van der Waals surface area contributed by atoms with Crippen molar-refractivity contribution in [3.05, 3.63) is 23.3 Å². The molecule has 0 N–H and O–H groups in total. The average Bonchev–Trinajstić information content (AvgIpc) is 2.92. The van der Waals surface area contributed by atoms with Crippen LogP contribution in [0.3, 0.4) is 0 Å². The molecular formula is C14H20N2O3. The number of carbonyl (C=O) groups excluding carboxylic acids is 1. The van der Waals surface area contributed by atoms with Gasteiger partial charge in [-0.1, -0.05) is 13.8 Å². The van der Waals surface area contributed by atoms with Gasteiger partial charge in [0.25, 0.3) is 0 Å².